The van der Waals surface area contributed by atoms with Crippen LogP contribution < -0.4 is 11.1 Å². The molecule has 0 aliphatic rings. The summed E-state index contributed by atoms with van der Waals surface area (Å²) in [5.41, 5.74) is 7.44. The monoisotopic (exact) mass is 366 g/mol. The molecule has 21 heavy (non-hydrogen) atoms. The topological polar surface area (TPSA) is 72.2 Å². The Morgan fingerprint density at radius 1 is 1.19 bits per heavy atom. The average Bonchev–Trinajstić information content (AvgIpc) is 2.41. The number of rotatable bonds is 3. The molecule has 2 aromatic carbocycles. The zero-order chi connectivity index (χ0) is 15.6. The van der Waals surface area contributed by atoms with Crippen molar-refractivity contribution in [2.24, 2.45) is 5.73 Å². The van der Waals surface area contributed by atoms with Crippen LogP contribution in [0.3, 0.4) is 0 Å². The van der Waals surface area contributed by atoms with Crippen molar-refractivity contribution < 1.29 is 9.59 Å². The maximum Gasteiger partial charge on any atom is 0.255 e. The lowest BCUT2D eigenvalue weighted by atomic mass is 10.1. The maximum absolute atomic E-state index is 12.1. The van der Waals surface area contributed by atoms with Crippen molar-refractivity contribution in [2.75, 3.05) is 5.32 Å². The molecule has 6 heteroatoms. The zero-order valence-electron chi connectivity index (χ0n) is 11.1. The molecule has 0 fully saturated rings. The van der Waals surface area contributed by atoms with Crippen LogP contribution in [0.1, 0.15) is 26.3 Å². The zero-order valence-corrected chi connectivity index (χ0v) is 13.5. The molecule has 0 heterocycles. The lowest BCUT2D eigenvalue weighted by molar-refractivity contribution is 0.0998. The summed E-state index contributed by atoms with van der Waals surface area (Å²) in [6.07, 6.45) is 0. The summed E-state index contributed by atoms with van der Waals surface area (Å²) < 4.78 is 0.859. The largest absolute Gasteiger partial charge is 0.366 e. The number of anilines is 1. The van der Waals surface area contributed by atoms with Crippen molar-refractivity contribution in [1.82, 2.24) is 0 Å². The molecule has 0 aliphatic heterocycles. The molecule has 2 aromatic rings. The van der Waals surface area contributed by atoms with E-state index in [0.717, 1.165) is 10.0 Å². The van der Waals surface area contributed by atoms with Crippen LogP contribution in [0.4, 0.5) is 5.69 Å². The van der Waals surface area contributed by atoms with Gasteiger partial charge in [-0.05, 0) is 42.8 Å². The Morgan fingerprint density at radius 2 is 1.90 bits per heavy atom. The number of primary amides is 1. The second kappa shape index (κ2) is 6.28. The Kier molecular flexibility index (Phi) is 4.65. The summed E-state index contributed by atoms with van der Waals surface area (Å²) >= 11 is 9.32. The number of amides is 2. The average molecular weight is 368 g/mol. The number of carbonyl (C=O) groups is 2. The van der Waals surface area contributed by atoms with Gasteiger partial charge in [0, 0.05) is 15.7 Å². The molecule has 0 bridgehead atoms. The van der Waals surface area contributed by atoms with E-state index in [1.54, 1.807) is 18.2 Å². The van der Waals surface area contributed by atoms with Crippen LogP contribution >= 0.6 is 27.5 Å². The van der Waals surface area contributed by atoms with E-state index in [0.29, 0.717) is 11.3 Å². The van der Waals surface area contributed by atoms with E-state index in [1.807, 2.05) is 13.0 Å². The van der Waals surface area contributed by atoms with Crippen LogP contribution in [-0.4, -0.2) is 11.8 Å². The summed E-state index contributed by atoms with van der Waals surface area (Å²) in [6.45, 7) is 1.94. The second-order valence-corrected chi connectivity index (χ2v) is 5.74. The van der Waals surface area contributed by atoms with Crippen molar-refractivity contribution in [3.8, 4) is 0 Å². The third-order valence-corrected chi connectivity index (χ3v) is 4.09. The molecular weight excluding hydrogens is 356 g/mol. The maximum atomic E-state index is 12.1. The first kappa shape index (κ1) is 15.5. The number of halogens is 2. The fraction of sp³-hybridized carbons (Fsp3) is 0.0667. The normalized spacial score (nSPS) is 10.2. The van der Waals surface area contributed by atoms with E-state index in [-0.39, 0.29) is 16.5 Å². The first-order chi connectivity index (χ1) is 9.88. The van der Waals surface area contributed by atoms with Crippen molar-refractivity contribution in [2.45, 2.75) is 6.92 Å². The predicted molar refractivity (Wildman–Crippen MR) is 86.8 cm³/mol. The highest BCUT2D eigenvalue weighted by Crippen LogP contribution is 2.22. The molecule has 0 aromatic heterocycles. The highest BCUT2D eigenvalue weighted by atomic mass is 79.9. The lowest BCUT2D eigenvalue weighted by Gasteiger charge is -2.08. The summed E-state index contributed by atoms with van der Waals surface area (Å²) in [5.74, 6) is -0.876. The number of nitrogens with one attached hydrogen (secondary N) is 1. The Balaban J connectivity index is 2.21. The van der Waals surface area contributed by atoms with Gasteiger partial charge in [0.15, 0.2) is 0 Å². The molecule has 0 unspecified atom stereocenters. The molecule has 0 atom stereocenters. The molecule has 0 spiro atoms. The molecule has 4 nitrogen and oxygen atoms in total. The Labute approximate surface area is 135 Å². The molecule has 3 N–H and O–H groups in total. The number of hydrogen-bond donors (Lipinski definition) is 2. The minimum atomic E-state index is -0.611. The van der Waals surface area contributed by atoms with Crippen molar-refractivity contribution in [3.05, 3.63) is 62.6 Å². The summed E-state index contributed by atoms with van der Waals surface area (Å²) in [4.78, 5) is 23.2. The molecule has 0 radical (unpaired) electrons. The van der Waals surface area contributed by atoms with E-state index in [4.69, 9.17) is 17.3 Å². The molecule has 2 rings (SSSR count). The molecule has 0 saturated carbocycles. The molecule has 108 valence electrons. The standard InChI is InChI=1S/C15H12BrClN2O2/c1-8-2-3-9(6-12(8)16)15(21)19-10-4-5-11(14(18)20)13(17)7-10/h2-7H,1H3,(H2,18,20)(H,19,21). The number of nitrogens with two attached hydrogens (primary N) is 1. The first-order valence-electron chi connectivity index (χ1n) is 6.05. The van der Waals surface area contributed by atoms with Gasteiger partial charge in [0.05, 0.1) is 10.6 Å². The molecule has 0 saturated heterocycles. The Morgan fingerprint density at radius 3 is 2.48 bits per heavy atom. The van der Waals surface area contributed by atoms with Crippen LogP contribution in [-0.2, 0) is 0 Å². The lowest BCUT2D eigenvalue weighted by Crippen LogP contribution is -2.14. The quantitative estimate of drug-likeness (QED) is 0.867. The van der Waals surface area contributed by atoms with Gasteiger partial charge < -0.3 is 11.1 Å². The third-order valence-electron chi connectivity index (χ3n) is 2.93. The minimum absolute atomic E-state index is 0.199. The smallest absolute Gasteiger partial charge is 0.255 e. The van der Waals surface area contributed by atoms with Crippen molar-refractivity contribution >= 4 is 45.0 Å². The van der Waals surface area contributed by atoms with Crippen LogP contribution in [0.25, 0.3) is 0 Å². The van der Waals surface area contributed by atoms with Crippen LogP contribution in [0.2, 0.25) is 5.02 Å². The molecule has 0 aliphatic carbocycles. The van der Waals surface area contributed by atoms with Gasteiger partial charge >= 0.3 is 0 Å². The van der Waals surface area contributed by atoms with Gasteiger partial charge in [0.1, 0.15) is 0 Å². The summed E-state index contributed by atoms with van der Waals surface area (Å²) in [5, 5.41) is 2.91. The van der Waals surface area contributed by atoms with Gasteiger partial charge in [-0.15, -0.1) is 0 Å². The Bertz CT molecular complexity index is 732. The van der Waals surface area contributed by atoms with E-state index in [1.165, 1.54) is 12.1 Å². The van der Waals surface area contributed by atoms with Crippen LogP contribution in [0, 0.1) is 6.92 Å². The van der Waals surface area contributed by atoms with E-state index in [2.05, 4.69) is 21.2 Å². The van der Waals surface area contributed by atoms with Gasteiger partial charge in [0.2, 0.25) is 5.91 Å². The van der Waals surface area contributed by atoms with E-state index >= 15 is 0 Å². The predicted octanol–water partition coefficient (Wildman–Crippen LogP) is 3.76. The number of hydrogen-bond acceptors (Lipinski definition) is 2. The van der Waals surface area contributed by atoms with Gasteiger partial charge in [-0.1, -0.05) is 33.6 Å². The fourth-order valence-electron chi connectivity index (χ4n) is 1.73. The number of carbonyl (C=O) groups excluding carboxylic acids is 2. The third kappa shape index (κ3) is 3.62. The van der Waals surface area contributed by atoms with Crippen molar-refractivity contribution in [3.63, 3.8) is 0 Å². The first-order valence-corrected chi connectivity index (χ1v) is 7.22. The minimum Gasteiger partial charge on any atom is -0.366 e. The number of aryl methyl sites for hydroxylation is 1. The van der Waals surface area contributed by atoms with Crippen LogP contribution in [0.5, 0.6) is 0 Å². The Hall–Kier alpha value is -1.85. The van der Waals surface area contributed by atoms with Gasteiger partial charge in [0.25, 0.3) is 5.91 Å². The van der Waals surface area contributed by atoms with Crippen molar-refractivity contribution in [1.29, 1.82) is 0 Å². The highest BCUT2D eigenvalue weighted by Gasteiger charge is 2.11. The van der Waals surface area contributed by atoms with Gasteiger partial charge in [-0.2, -0.15) is 0 Å². The van der Waals surface area contributed by atoms with Gasteiger partial charge in [-0.3, -0.25) is 9.59 Å². The summed E-state index contributed by atoms with van der Waals surface area (Å²) in [7, 11) is 0. The second-order valence-electron chi connectivity index (χ2n) is 4.48. The molecule has 2 amide bonds. The highest BCUT2D eigenvalue weighted by molar-refractivity contribution is 9.10. The number of benzene rings is 2. The van der Waals surface area contributed by atoms with Crippen LogP contribution in [0.15, 0.2) is 40.9 Å². The van der Waals surface area contributed by atoms with E-state index in [9.17, 15) is 9.59 Å². The SMILES string of the molecule is Cc1ccc(C(=O)Nc2ccc(C(N)=O)c(Cl)c2)cc1Br. The summed E-state index contributed by atoms with van der Waals surface area (Å²) in [6, 6.07) is 9.86. The fourth-order valence-corrected chi connectivity index (χ4v) is 2.38. The van der Waals surface area contributed by atoms with Gasteiger partial charge in [-0.25, -0.2) is 0 Å². The van der Waals surface area contributed by atoms with E-state index < -0.39 is 5.91 Å². The molecular formula is C15H12BrClN2O2.